The molecule has 0 bridgehead atoms. The van der Waals surface area contributed by atoms with Crippen LogP contribution < -0.4 is 5.01 Å². The van der Waals surface area contributed by atoms with E-state index >= 15 is 0 Å². The number of rotatable bonds is 5. The number of benzodiazepines with no additional fused rings is 1. The fraction of sp³-hybridized carbons (Fsp3) is 0.350. The van der Waals surface area contributed by atoms with Crippen molar-refractivity contribution in [1.29, 1.82) is 0 Å². The van der Waals surface area contributed by atoms with Crippen LogP contribution in [0.25, 0.3) is 0 Å². The van der Waals surface area contributed by atoms with Crippen LogP contribution in [0, 0.1) is 0 Å². The number of pyridine rings is 1. The second kappa shape index (κ2) is 7.57. The van der Waals surface area contributed by atoms with Gasteiger partial charge in [0.05, 0.1) is 17.1 Å². The average Bonchev–Trinajstić information content (AvgIpc) is 2.79. The second-order valence-corrected chi connectivity index (χ2v) is 5.92. The van der Waals surface area contributed by atoms with Crippen LogP contribution in [0.5, 0.6) is 0 Å². The van der Waals surface area contributed by atoms with E-state index in [2.05, 4.69) is 23.8 Å². The molecule has 1 atom stereocenters. The topological polar surface area (TPSA) is 48.8 Å². The molecule has 3 rings (SSSR count). The minimum absolute atomic E-state index is 0.0181. The van der Waals surface area contributed by atoms with Gasteiger partial charge in [0.15, 0.2) is 0 Å². The van der Waals surface area contributed by atoms with E-state index in [0.29, 0.717) is 6.42 Å². The normalized spacial score (nSPS) is 17.3. The molecule has 130 valence electrons. The largest absolute Gasteiger partial charge is 0.271 e. The van der Waals surface area contributed by atoms with Crippen LogP contribution in [-0.4, -0.2) is 40.7 Å². The van der Waals surface area contributed by atoms with Gasteiger partial charge in [-0.2, -0.15) is 0 Å². The number of hydrazine groups is 1. The first-order chi connectivity index (χ1) is 12.2. The third-order valence-corrected chi connectivity index (χ3v) is 4.47. The maximum Gasteiger partial charge on any atom is 0.266 e. The zero-order valence-corrected chi connectivity index (χ0v) is 15.0. The first kappa shape index (κ1) is 17.3. The Morgan fingerprint density at radius 1 is 1.04 bits per heavy atom. The van der Waals surface area contributed by atoms with Crippen LogP contribution in [0.2, 0.25) is 0 Å². The van der Waals surface area contributed by atoms with E-state index in [1.165, 1.54) is 0 Å². The average molecular weight is 336 g/mol. The third kappa shape index (κ3) is 3.20. The van der Waals surface area contributed by atoms with Gasteiger partial charge in [-0.05, 0) is 24.6 Å². The van der Waals surface area contributed by atoms with Gasteiger partial charge in [-0.25, -0.2) is 10.0 Å². The number of para-hydroxylation sites is 1. The number of carbonyl (C=O) groups excluding carboxylic acids is 1. The summed E-state index contributed by atoms with van der Waals surface area (Å²) in [5, 5.41) is 3.86. The Bertz CT molecular complexity index is 768. The van der Waals surface area contributed by atoms with E-state index in [4.69, 9.17) is 4.99 Å². The molecule has 1 aliphatic rings. The van der Waals surface area contributed by atoms with Crippen LogP contribution in [0.1, 0.15) is 38.4 Å². The summed E-state index contributed by atoms with van der Waals surface area (Å²) in [6.07, 6.45) is 2.41. The quantitative estimate of drug-likeness (QED) is 0.842. The molecule has 0 spiro atoms. The summed E-state index contributed by atoms with van der Waals surface area (Å²) in [4.78, 5) is 22.5. The summed E-state index contributed by atoms with van der Waals surface area (Å²) < 4.78 is 0. The number of carbonyl (C=O) groups is 1. The first-order valence-corrected chi connectivity index (χ1v) is 8.88. The highest BCUT2D eigenvalue weighted by atomic mass is 16.2. The van der Waals surface area contributed by atoms with Gasteiger partial charge in [0.2, 0.25) is 0 Å². The van der Waals surface area contributed by atoms with E-state index in [1.807, 2.05) is 54.4 Å². The Balaban J connectivity index is 2.23. The Hall–Kier alpha value is -2.53. The van der Waals surface area contributed by atoms with Gasteiger partial charge in [0, 0.05) is 24.8 Å². The molecule has 0 fully saturated rings. The van der Waals surface area contributed by atoms with Crippen LogP contribution >= 0.6 is 0 Å². The van der Waals surface area contributed by atoms with E-state index in [9.17, 15) is 4.79 Å². The van der Waals surface area contributed by atoms with Gasteiger partial charge in [-0.3, -0.25) is 14.8 Å². The lowest BCUT2D eigenvalue weighted by Crippen LogP contribution is -2.50. The fourth-order valence-corrected chi connectivity index (χ4v) is 3.17. The van der Waals surface area contributed by atoms with Gasteiger partial charge in [0.1, 0.15) is 6.04 Å². The van der Waals surface area contributed by atoms with Crippen molar-refractivity contribution in [3.05, 3.63) is 59.9 Å². The van der Waals surface area contributed by atoms with E-state index in [1.54, 1.807) is 6.20 Å². The highest BCUT2D eigenvalue weighted by Gasteiger charge is 2.33. The molecule has 25 heavy (non-hydrogen) atoms. The molecular formula is C20H24N4O. The number of aromatic nitrogens is 1. The standard InChI is InChI=1S/C20H24N4O/c1-4-16-20(25)24(23(5-2)6-3)18-13-8-7-11-15(18)19(22-16)17-12-9-10-14-21-17/h7-14,16H,4-6H2,1-3H3. The summed E-state index contributed by atoms with van der Waals surface area (Å²) in [5.74, 6) is 0.0181. The predicted octanol–water partition coefficient (Wildman–Crippen LogP) is 3.30. The summed E-state index contributed by atoms with van der Waals surface area (Å²) in [5.41, 5.74) is 3.39. The molecule has 1 unspecified atom stereocenters. The minimum Gasteiger partial charge on any atom is -0.271 e. The highest BCUT2D eigenvalue weighted by molar-refractivity contribution is 6.19. The maximum atomic E-state index is 13.2. The molecule has 2 aromatic rings. The lowest BCUT2D eigenvalue weighted by atomic mass is 10.0. The van der Waals surface area contributed by atoms with Gasteiger partial charge in [0.25, 0.3) is 5.91 Å². The lowest BCUT2D eigenvalue weighted by Gasteiger charge is -2.34. The highest BCUT2D eigenvalue weighted by Crippen LogP contribution is 2.29. The number of aliphatic imine (C=N–C) groups is 1. The molecule has 0 aliphatic carbocycles. The fourth-order valence-electron chi connectivity index (χ4n) is 3.17. The van der Waals surface area contributed by atoms with Crippen molar-refractivity contribution in [2.45, 2.75) is 33.2 Å². The molecule has 1 aromatic carbocycles. The van der Waals surface area contributed by atoms with Crippen molar-refractivity contribution < 1.29 is 4.79 Å². The van der Waals surface area contributed by atoms with E-state index in [-0.39, 0.29) is 5.91 Å². The minimum atomic E-state index is -0.412. The summed E-state index contributed by atoms with van der Waals surface area (Å²) in [6, 6.07) is 13.3. The molecule has 1 amide bonds. The summed E-state index contributed by atoms with van der Waals surface area (Å²) in [7, 11) is 0. The number of benzene rings is 1. The van der Waals surface area contributed by atoms with Gasteiger partial charge in [-0.1, -0.05) is 45.0 Å². The van der Waals surface area contributed by atoms with Crippen molar-refractivity contribution in [2.75, 3.05) is 18.1 Å². The molecular weight excluding hydrogens is 312 g/mol. The number of hydrogen-bond donors (Lipinski definition) is 0. The molecule has 0 saturated carbocycles. The molecule has 1 aromatic heterocycles. The first-order valence-electron chi connectivity index (χ1n) is 8.88. The van der Waals surface area contributed by atoms with Crippen molar-refractivity contribution in [3.8, 4) is 0 Å². The van der Waals surface area contributed by atoms with Gasteiger partial charge >= 0.3 is 0 Å². The lowest BCUT2D eigenvalue weighted by molar-refractivity contribution is -0.122. The zero-order chi connectivity index (χ0) is 17.8. The van der Waals surface area contributed by atoms with Crippen LogP contribution in [0.4, 0.5) is 5.69 Å². The van der Waals surface area contributed by atoms with E-state index in [0.717, 1.165) is 35.7 Å². The smallest absolute Gasteiger partial charge is 0.266 e. The number of fused-ring (bicyclic) bond motifs is 1. The number of hydrogen-bond acceptors (Lipinski definition) is 4. The van der Waals surface area contributed by atoms with Crippen molar-refractivity contribution >= 4 is 17.3 Å². The summed E-state index contributed by atoms with van der Waals surface area (Å²) in [6.45, 7) is 7.63. The van der Waals surface area contributed by atoms with Crippen molar-refractivity contribution in [1.82, 2.24) is 9.99 Å². The van der Waals surface area contributed by atoms with Crippen LogP contribution in [0.3, 0.4) is 0 Å². The van der Waals surface area contributed by atoms with Gasteiger partial charge in [-0.15, -0.1) is 0 Å². The predicted molar refractivity (Wildman–Crippen MR) is 101 cm³/mol. The van der Waals surface area contributed by atoms with Crippen molar-refractivity contribution in [3.63, 3.8) is 0 Å². The summed E-state index contributed by atoms with van der Waals surface area (Å²) >= 11 is 0. The van der Waals surface area contributed by atoms with Crippen LogP contribution in [0.15, 0.2) is 53.7 Å². The molecule has 0 N–H and O–H groups in total. The molecule has 0 saturated heterocycles. The monoisotopic (exact) mass is 336 g/mol. The van der Waals surface area contributed by atoms with Crippen LogP contribution in [-0.2, 0) is 4.79 Å². The molecule has 5 nitrogen and oxygen atoms in total. The Labute approximate surface area is 149 Å². The molecule has 0 radical (unpaired) electrons. The van der Waals surface area contributed by atoms with Gasteiger partial charge < -0.3 is 0 Å². The SMILES string of the molecule is CCC1N=C(c2ccccn2)c2ccccc2N(N(CC)CC)C1=O. The third-order valence-electron chi connectivity index (χ3n) is 4.47. The van der Waals surface area contributed by atoms with Crippen molar-refractivity contribution in [2.24, 2.45) is 4.99 Å². The maximum absolute atomic E-state index is 13.2. The molecule has 2 heterocycles. The zero-order valence-electron chi connectivity index (χ0n) is 15.0. The second-order valence-electron chi connectivity index (χ2n) is 5.92. The number of nitrogens with zero attached hydrogens (tertiary/aromatic N) is 4. The number of amides is 1. The molecule has 1 aliphatic heterocycles. The number of anilines is 1. The molecule has 5 heteroatoms. The van der Waals surface area contributed by atoms with E-state index < -0.39 is 6.04 Å². The Morgan fingerprint density at radius 3 is 2.40 bits per heavy atom. The Morgan fingerprint density at radius 2 is 1.76 bits per heavy atom. The Kier molecular flexibility index (Phi) is 5.24.